The van der Waals surface area contributed by atoms with Gasteiger partial charge in [-0.3, -0.25) is 9.48 Å². The summed E-state index contributed by atoms with van der Waals surface area (Å²) in [6.45, 7) is 9.01. The van der Waals surface area contributed by atoms with Crippen molar-refractivity contribution in [3.8, 4) is 5.75 Å². The van der Waals surface area contributed by atoms with Gasteiger partial charge in [0, 0.05) is 28.5 Å². The van der Waals surface area contributed by atoms with Crippen LogP contribution in [0.5, 0.6) is 5.75 Å². The lowest BCUT2D eigenvalue weighted by atomic mass is 10.1. The molecular weight excluding hydrogens is 514 g/mol. The average molecular weight is 544 g/mol. The van der Waals surface area contributed by atoms with Gasteiger partial charge in [0.1, 0.15) is 23.7 Å². The summed E-state index contributed by atoms with van der Waals surface area (Å²) in [5.41, 5.74) is 1.99. The fourth-order valence-electron chi connectivity index (χ4n) is 3.95. The molecule has 1 aliphatic rings. The fourth-order valence-corrected chi connectivity index (χ4v) is 4.31. The van der Waals surface area contributed by atoms with Crippen molar-refractivity contribution in [2.75, 3.05) is 19.7 Å². The van der Waals surface area contributed by atoms with Crippen LogP contribution in [0.1, 0.15) is 45.0 Å². The van der Waals surface area contributed by atoms with Crippen LogP contribution in [-0.2, 0) is 27.3 Å². The first-order chi connectivity index (χ1) is 16.6. The number of carbonyl (C=O) groups is 2. The second-order valence-electron chi connectivity index (χ2n) is 9.47. The lowest BCUT2D eigenvalue weighted by Gasteiger charge is -2.39. The van der Waals surface area contributed by atoms with Gasteiger partial charge in [0.25, 0.3) is 0 Å². The molecule has 186 valence electrons. The summed E-state index contributed by atoms with van der Waals surface area (Å²) in [4.78, 5) is 26.0. The van der Waals surface area contributed by atoms with Crippen LogP contribution < -0.4 is 4.74 Å². The Hall–Kier alpha value is -3.07. The number of halogens is 1. The van der Waals surface area contributed by atoms with Crippen LogP contribution in [0.25, 0.3) is 10.9 Å². The number of hydrogen-bond acceptors (Lipinski definition) is 6. The maximum atomic E-state index is 12.4. The molecule has 8 nitrogen and oxygen atoms in total. The van der Waals surface area contributed by atoms with Crippen molar-refractivity contribution in [3.05, 3.63) is 58.2 Å². The number of likely N-dealkylation sites (tertiary alicyclic amines) is 1. The van der Waals surface area contributed by atoms with E-state index in [1.165, 1.54) is 0 Å². The average Bonchev–Trinajstić information content (AvgIpc) is 3.08. The third-order valence-electron chi connectivity index (χ3n) is 5.58. The molecule has 0 atom stereocenters. The van der Waals surface area contributed by atoms with E-state index in [2.05, 4.69) is 15.9 Å². The van der Waals surface area contributed by atoms with Crippen LogP contribution in [0, 0.1) is 0 Å². The topological polar surface area (TPSA) is 82.9 Å². The van der Waals surface area contributed by atoms with Crippen LogP contribution in [0.3, 0.4) is 0 Å². The lowest BCUT2D eigenvalue weighted by molar-refractivity contribution is -0.142. The Labute approximate surface area is 213 Å². The highest BCUT2D eigenvalue weighted by molar-refractivity contribution is 9.10. The summed E-state index contributed by atoms with van der Waals surface area (Å²) in [7, 11) is 0. The summed E-state index contributed by atoms with van der Waals surface area (Å²) in [6, 6.07) is 13.5. The summed E-state index contributed by atoms with van der Waals surface area (Å²) in [5.74, 6) is 0.333. The third kappa shape index (κ3) is 5.96. The van der Waals surface area contributed by atoms with Crippen LogP contribution in [0.2, 0.25) is 0 Å². The minimum atomic E-state index is -0.527. The molecule has 1 aliphatic heterocycles. The smallest absolute Gasteiger partial charge is 0.410 e. The number of fused-ring (bicyclic) bond motifs is 1. The Balaban J connectivity index is 1.51. The molecule has 1 fully saturated rings. The first-order valence-electron chi connectivity index (χ1n) is 11.7. The Morgan fingerprint density at radius 2 is 1.89 bits per heavy atom. The van der Waals surface area contributed by atoms with E-state index in [0.717, 1.165) is 26.6 Å². The zero-order valence-electron chi connectivity index (χ0n) is 20.4. The number of carbonyl (C=O) groups excluding carboxylic acids is 2. The highest BCUT2D eigenvalue weighted by Gasteiger charge is 2.36. The maximum absolute atomic E-state index is 12.4. The molecule has 3 aromatic rings. The Bertz CT molecular complexity index is 1230. The van der Waals surface area contributed by atoms with Gasteiger partial charge in [-0.1, -0.05) is 34.1 Å². The number of nitrogens with zero attached hydrogens (tertiary/aromatic N) is 3. The van der Waals surface area contributed by atoms with E-state index in [1.54, 1.807) is 11.8 Å². The van der Waals surface area contributed by atoms with Crippen LogP contribution in [-0.4, -0.2) is 52.0 Å². The standard InChI is InChI=1S/C26H30BrN3O5/c1-5-33-24(31)12-17-8-6-7-9-23(17)34-16-21-20-13-18(27)10-11-22(20)30(28-21)19-14-29(15-19)25(32)35-26(2,3)4/h6-11,13,19H,5,12,14-16H2,1-4H3. The van der Waals surface area contributed by atoms with Gasteiger partial charge in [-0.2, -0.15) is 5.10 Å². The predicted molar refractivity (Wildman–Crippen MR) is 135 cm³/mol. The van der Waals surface area contributed by atoms with Gasteiger partial charge >= 0.3 is 12.1 Å². The third-order valence-corrected chi connectivity index (χ3v) is 6.07. The van der Waals surface area contributed by atoms with Crippen molar-refractivity contribution in [1.82, 2.24) is 14.7 Å². The van der Waals surface area contributed by atoms with E-state index in [9.17, 15) is 9.59 Å². The molecule has 1 saturated heterocycles. The van der Waals surface area contributed by atoms with Crippen molar-refractivity contribution in [2.24, 2.45) is 0 Å². The number of aromatic nitrogens is 2. The molecular formula is C26H30BrN3O5. The molecule has 0 spiro atoms. The molecule has 0 saturated carbocycles. The van der Waals surface area contributed by atoms with Gasteiger partial charge in [0.2, 0.25) is 0 Å². The zero-order valence-corrected chi connectivity index (χ0v) is 22.0. The number of rotatable bonds is 7. The molecule has 35 heavy (non-hydrogen) atoms. The largest absolute Gasteiger partial charge is 0.487 e. The van der Waals surface area contributed by atoms with E-state index >= 15 is 0 Å². The molecule has 0 aliphatic carbocycles. The zero-order chi connectivity index (χ0) is 25.2. The first-order valence-corrected chi connectivity index (χ1v) is 12.4. The predicted octanol–water partition coefficient (Wildman–Crippen LogP) is 5.28. The minimum Gasteiger partial charge on any atom is -0.487 e. The van der Waals surface area contributed by atoms with E-state index < -0.39 is 5.60 Å². The molecule has 2 aromatic carbocycles. The van der Waals surface area contributed by atoms with E-state index in [4.69, 9.17) is 19.3 Å². The van der Waals surface area contributed by atoms with Crippen molar-refractivity contribution in [2.45, 2.75) is 52.4 Å². The number of para-hydroxylation sites is 1. The van der Waals surface area contributed by atoms with Crippen LogP contribution in [0.15, 0.2) is 46.9 Å². The van der Waals surface area contributed by atoms with Crippen LogP contribution in [0.4, 0.5) is 4.79 Å². The lowest BCUT2D eigenvalue weighted by Crippen LogP contribution is -2.52. The van der Waals surface area contributed by atoms with Gasteiger partial charge in [-0.25, -0.2) is 4.79 Å². The number of esters is 1. The van der Waals surface area contributed by atoms with Gasteiger partial charge in [0.15, 0.2) is 0 Å². The molecule has 1 aromatic heterocycles. The number of hydrogen-bond donors (Lipinski definition) is 0. The summed E-state index contributed by atoms with van der Waals surface area (Å²) in [5, 5.41) is 5.83. The van der Waals surface area contributed by atoms with Gasteiger partial charge < -0.3 is 19.1 Å². The number of amides is 1. The Kier molecular flexibility index (Phi) is 7.35. The highest BCUT2D eigenvalue weighted by atomic mass is 79.9. The quantitative estimate of drug-likeness (QED) is 0.377. The molecule has 1 amide bonds. The number of ether oxygens (including phenoxy) is 3. The van der Waals surface area contributed by atoms with Crippen molar-refractivity contribution < 1.29 is 23.8 Å². The molecule has 9 heteroatoms. The van der Waals surface area contributed by atoms with Crippen molar-refractivity contribution >= 4 is 38.9 Å². The van der Waals surface area contributed by atoms with Gasteiger partial charge in [0.05, 0.1) is 24.6 Å². The second kappa shape index (κ2) is 10.3. The second-order valence-corrected chi connectivity index (χ2v) is 10.4. The first kappa shape index (κ1) is 25.0. The molecule has 0 radical (unpaired) electrons. The van der Waals surface area contributed by atoms with E-state index in [-0.39, 0.29) is 31.1 Å². The molecule has 0 N–H and O–H groups in total. The molecule has 2 heterocycles. The van der Waals surface area contributed by atoms with E-state index in [0.29, 0.717) is 25.4 Å². The van der Waals surface area contributed by atoms with E-state index in [1.807, 2.05) is 67.9 Å². The molecule has 4 rings (SSSR count). The Morgan fingerprint density at radius 1 is 1.14 bits per heavy atom. The minimum absolute atomic E-state index is 0.0519. The highest BCUT2D eigenvalue weighted by Crippen LogP contribution is 2.31. The SMILES string of the molecule is CCOC(=O)Cc1ccccc1OCc1nn(C2CN(C(=O)OC(C)(C)C)C2)c2ccc(Br)cc12. The van der Waals surface area contributed by atoms with Gasteiger partial charge in [-0.15, -0.1) is 0 Å². The summed E-state index contributed by atoms with van der Waals surface area (Å²) in [6.07, 6.45) is -0.164. The summed E-state index contributed by atoms with van der Waals surface area (Å²) < 4.78 is 19.6. The molecule has 0 unspecified atom stereocenters. The monoisotopic (exact) mass is 543 g/mol. The fraction of sp³-hybridized carbons (Fsp3) is 0.423. The van der Waals surface area contributed by atoms with Gasteiger partial charge in [-0.05, 0) is 52.0 Å². The Morgan fingerprint density at radius 3 is 2.60 bits per heavy atom. The normalized spacial score (nSPS) is 14.0. The van der Waals surface area contributed by atoms with Crippen molar-refractivity contribution in [1.29, 1.82) is 0 Å². The summed E-state index contributed by atoms with van der Waals surface area (Å²) >= 11 is 3.55. The number of benzene rings is 2. The maximum Gasteiger partial charge on any atom is 0.410 e. The van der Waals surface area contributed by atoms with Crippen molar-refractivity contribution in [3.63, 3.8) is 0 Å². The van der Waals surface area contributed by atoms with Crippen LogP contribution >= 0.6 is 15.9 Å². The molecule has 0 bridgehead atoms.